The molecule has 3 nitrogen and oxygen atoms in total. The van der Waals surface area contributed by atoms with Crippen LogP contribution in [0.4, 0.5) is 0 Å². The molecule has 5 aromatic rings. The number of aryl methyl sites for hydroxylation is 2. The molecule has 1 aliphatic rings. The molecule has 0 bridgehead atoms. The fourth-order valence-electron chi connectivity index (χ4n) is 4.07. The minimum absolute atomic E-state index is 0.800. The predicted octanol–water partition coefficient (Wildman–Crippen LogP) is 5.71. The summed E-state index contributed by atoms with van der Waals surface area (Å²) in [6, 6.07) is 12.8. The molecule has 0 amide bonds. The van der Waals surface area contributed by atoms with Gasteiger partial charge in [0.15, 0.2) is 17.5 Å². The molecule has 0 saturated heterocycles. The maximum absolute atomic E-state index is 6.23. The number of rotatable bonds is 0. The molecule has 0 saturated carbocycles. The topological polar surface area (TPSA) is 26.2 Å². The fourth-order valence-corrected chi connectivity index (χ4v) is 5.26. The number of hydrogen-bond acceptors (Lipinski definition) is 3. The summed E-state index contributed by atoms with van der Waals surface area (Å²) in [6.45, 7) is 2.20. The highest BCUT2D eigenvalue weighted by molar-refractivity contribution is 7.25. The van der Waals surface area contributed by atoms with Gasteiger partial charge < -0.3 is 9.15 Å². The van der Waals surface area contributed by atoms with Crippen LogP contribution in [0.3, 0.4) is 0 Å². The van der Waals surface area contributed by atoms with Crippen LogP contribution in [0.5, 0.6) is 11.5 Å². The quantitative estimate of drug-likeness (QED) is 0.330. The highest BCUT2D eigenvalue weighted by Crippen LogP contribution is 2.51. The number of aromatic nitrogens is 1. The molecule has 25 heavy (non-hydrogen) atoms. The molecule has 0 aliphatic carbocycles. The lowest BCUT2D eigenvalue weighted by molar-refractivity contribution is -0.659. The molecule has 0 unspecified atom stereocenters. The van der Waals surface area contributed by atoms with Crippen LogP contribution >= 0.6 is 11.3 Å². The van der Waals surface area contributed by atoms with Gasteiger partial charge in [-0.25, -0.2) is 0 Å². The highest BCUT2D eigenvalue weighted by Gasteiger charge is 2.32. The number of benzene rings is 2. The van der Waals surface area contributed by atoms with Gasteiger partial charge in [-0.1, -0.05) is 18.2 Å². The lowest BCUT2D eigenvalue weighted by Gasteiger charge is -2.17. The van der Waals surface area contributed by atoms with E-state index in [9.17, 15) is 0 Å². The van der Waals surface area contributed by atoms with Crippen molar-refractivity contribution >= 4 is 42.5 Å². The largest absolute Gasteiger partial charge is 0.460 e. The summed E-state index contributed by atoms with van der Waals surface area (Å²) < 4.78 is 16.7. The van der Waals surface area contributed by atoms with Crippen LogP contribution in [0.25, 0.3) is 42.4 Å². The summed E-state index contributed by atoms with van der Waals surface area (Å²) in [5, 5.41) is 3.70. The Bertz CT molecular complexity index is 1340. The van der Waals surface area contributed by atoms with Crippen molar-refractivity contribution in [1.82, 2.24) is 0 Å². The number of nitrogens with zero attached hydrogens (tertiary/aromatic N) is 1. The molecule has 0 fully saturated rings. The Balaban J connectivity index is 1.85. The van der Waals surface area contributed by atoms with Crippen molar-refractivity contribution in [2.75, 3.05) is 0 Å². The third kappa shape index (κ3) is 1.58. The van der Waals surface area contributed by atoms with E-state index in [4.69, 9.17) is 9.15 Å². The molecule has 120 valence electrons. The summed E-state index contributed by atoms with van der Waals surface area (Å²) in [7, 11) is 2.08. The second-order valence-corrected chi connectivity index (χ2v) is 7.65. The van der Waals surface area contributed by atoms with Crippen LogP contribution in [-0.2, 0) is 7.05 Å². The first-order valence-corrected chi connectivity index (χ1v) is 9.07. The second-order valence-electron chi connectivity index (χ2n) is 6.56. The van der Waals surface area contributed by atoms with Crippen LogP contribution in [0.1, 0.15) is 5.56 Å². The smallest absolute Gasteiger partial charge is 0.231 e. The number of ether oxygens (including phenoxy) is 1. The van der Waals surface area contributed by atoms with E-state index in [-0.39, 0.29) is 0 Å². The zero-order valence-corrected chi connectivity index (χ0v) is 14.6. The van der Waals surface area contributed by atoms with Crippen LogP contribution in [0.2, 0.25) is 0 Å². The monoisotopic (exact) mass is 344 g/mol. The van der Waals surface area contributed by atoms with Gasteiger partial charge in [0.2, 0.25) is 5.69 Å². The zero-order valence-electron chi connectivity index (χ0n) is 13.8. The van der Waals surface area contributed by atoms with Crippen molar-refractivity contribution in [3.05, 3.63) is 54.4 Å². The molecule has 1 aliphatic heterocycles. The Hall–Kier alpha value is -2.85. The zero-order chi connectivity index (χ0) is 16.7. The standard InChI is InChI=1S/C21H14NO2S/c1-11-18-12-5-3-4-6-16(12)25-17(18)9-14-19(11)21-20-13(7-8-22(21)2)23-10-15(20)24-14/h3-10H,1-2H3/q+1. The van der Waals surface area contributed by atoms with Crippen LogP contribution in [0, 0.1) is 6.92 Å². The average Bonchev–Trinajstić information content (AvgIpc) is 3.19. The second kappa shape index (κ2) is 4.41. The molecule has 0 N–H and O–H groups in total. The van der Waals surface area contributed by atoms with Gasteiger partial charge in [-0.15, -0.1) is 11.3 Å². The number of pyridine rings is 1. The minimum atomic E-state index is 0.800. The van der Waals surface area contributed by atoms with Gasteiger partial charge in [0, 0.05) is 26.2 Å². The van der Waals surface area contributed by atoms with Crippen molar-refractivity contribution in [1.29, 1.82) is 0 Å². The molecular formula is C21H14NO2S+. The fraction of sp³-hybridized carbons (Fsp3) is 0.0952. The molecule has 2 aromatic carbocycles. The Kier molecular flexibility index (Phi) is 2.37. The first-order valence-electron chi connectivity index (χ1n) is 8.25. The third-order valence-corrected chi connectivity index (χ3v) is 6.28. The molecule has 0 spiro atoms. The Morgan fingerprint density at radius 3 is 2.80 bits per heavy atom. The average molecular weight is 344 g/mol. The van der Waals surface area contributed by atoms with Crippen molar-refractivity contribution in [2.45, 2.75) is 6.92 Å². The van der Waals surface area contributed by atoms with Crippen LogP contribution < -0.4 is 9.30 Å². The maximum atomic E-state index is 6.23. The first kappa shape index (κ1) is 13.4. The van der Waals surface area contributed by atoms with Crippen LogP contribution in [0.15, 0.2) is 53.3 Å². The number of thiophene rings is 1. The summed E-state index contributed by atoms with van der Waals surface area (Å²) in [6.07, 6.45) is 3.76. The van der Waals surface area contributed by atoms with Crippen molar-refractivity contribution < 1.29 is 13.7 Å². The predicted molar refractivity (Wildman–Crippen MR) is 101 cm³/mol. The Labute approximate surface area is 147 Å². The number of fused-ring (bicyclic) bond motifs is 5. The third-order valence-electron chi connectivity index (χ3n) is 5.16. The maximum Gasteiger partial charge on any atom is 0.231 e. The summed E-state index contributed by atoms with van der Waals surface area (Å²) in [5.41, 5.74) is 4.46. The Morgan fingerprint density at radius 1 is 1.00 bits per heavy atom. The minimum Gasteiger partial charge on any atom is -0.460 e. The van der Waals surface area contributed by atoms with E-state index in [1.807, 2.05) is 17.4 Å². The highest BCUT2D eigenvalue weighted by atomic mass is 32.1. The molecule has 4 heteroatoms. The van der Waals surface area contributed by atoms with Crippen LogP contribution in [-0.4, -0.2) is 0 Å². The van der Waals surface area contributed by atoms with Gasteiger partial charge in [0.1, 0.15) is 24.4 Å². The number of furan rings is 1. The van der Waals surface area contributed by atoms with E-state index >= 15 is 0 Å². The van der Waals surface area contributed by atoms with Gasteiger partial charge >= 0.3 is 0 Å². The normalized spacial score (nSPS) is 12.7. The molecule has 0 atom stereocenters. The number of hydrogen-bond donors (Lipinski definition) is 0. The first-order chi connectivity index (χ1) is 12.2. The van der Waals surface area contributed by atoms with Gasteiger partial charge in [0.05, 0.1) is 5.56 Å². The van der Waals surface area contributed by atoms with E-state index in [2.05, 4.69) is 55.1 Å². The van der Waals surface area contributed by atoms with Crippen molar-refractivity contribution in [3.63, 3.8) is 0 Å². The lowest BCUT2D eigenvalue weighted by atomic mass is 9.95. The van der Waals surface area contributed by atoms with E-state index in [1.165, 1.54) is 25.7 Å². The van der Waals surface area contributed by atoms with Gasteiger partial charge in [0.25, 0.3) is 0 Å². The molecule has 6 rings (SSSR count). The van der Waals surface area contributed by atoms with Gasteiger partial charge in [-0.2, -0.15) is 4.57 Å². The van der Waals surface area contributed by atoms with Gasteiger partial charge in [-0.3, -0.25) is 0 Å². The van der Waals surface area contributed by atoms with E-state index in [0.717, 1.165) is 33.7 Å². The summed E-state index contributed by atoms with van der Waals surface area (Å²) in [4.78, 5) is 0. The summed E-state index contributed by atoms with van der Waals surface area (Å²) >= 11 is 1.82. The Morgan fingerprint density at radius 2 is 1.88 bits per heavy atom. The molecule has 0 radical (unpaired) electrons. The van der Waals surface area contributed by atoms with Crippen molar-refractivity contribution in [2.24, 2.45) is 7.05 Å². The van der Waals surface area contributed by atoms with Gasteiger partial charge in [-0.05, 0) is 24.6 Å². The van der Waals surface area contributed by atoms with E-state index in [1.54, 1.807) is 6.26 Å². The van der Waals surface area contributed by atoms with E-state index in [0.29, 0.717) is 0 Å². The van der Waals surface area contributed by atoms with Crippen molar-refractivity contribution in [3.8, 4) is 22.8 Å². The SMILES string of the molecule is Cc1c2c(cc3sc4ccccc4c13)Oc1coc3cc[n+](C)c-2c13. The molecule has 4 heterocycles. The van der Waals surface area contributed by atoms with E-state index < -0.39 is 0 Å². The lowest BCUT2D eigenvalue weighted by Crippen LogP contribution is -2.31. The molecule has 3 aromatic heterocycles. The summed E-state index contributed by atoms with van der Waals surface area (Å²) in [5.74, 6) is 1.71. The molecular weight excluding hydrogens is 330 g/mol.